The van der Waals surface area contributed by atoms with Crippen LogP contribution in [0.1, 0.15) is 5.56 Å². The largest absolute Gasteiger partial charge is 0.284 e. The normalized spacial score (nSPS) is 10.4. The molecule has 1 N–H and O–H groups in total. The van der Waals surface area contributed by atoms with Crippen molar-refractivity contribution in [3.63, 3.8) is 0 Å². The van der Waals surface area contributed by atoms with Gasteiger partial charge in [-0.1, -0.05) is 48.5 Å². The SMILES string of the molecule is N#CCc1cccc(-c2ccc(-c3c[nH]nc3-c3ccncc3)cc2)c1. The number of H-pyrrole nitrogens is 1. The summed E-state index contributed by atoms with van der Waals surface area (Å²) in [6.07, 6.45) is 5.88. The minimum absolute atomic E-state index is 0.427. The molecular weight excluding hydrogens is 320 g/mol. The van der Waals surface area contributed by atoms with Crippen LogP contribution in [-0.4, -0.2) is 15.2 Å². The molecule has 0 atom stereocenters. The average molecular weight is 336 g/mol. The van der Waals surface area contributed by atoms with Gasteiger partial charge in [-0.2, -0.15) is 10.4 Å². The van der Waals surface area contributed by atoms with Crippen molar-refractivity contribution in [3.8, 4) is 39.6 Å². The third-order valence-corrected chi connectivity index (χ3v) is 4.33. The van der Waals surface area contributed by atoms with Crippen molar-refractivity contribution in [2.45, 2.75) is 6.42 Å². The van der Waals surface area contributed by atoms with Crippen LogP contribution in [0.4, 0.5) is 0 Å². The van der Waals surface area contributed by atoms with E-state index in [9.17, 15) is 0 Å². The number of aromatic amines is 1. The zero-order valence-corrected chi connectivity index (χ0v) is 14.1. The van der Waals surface area contributed by atoms with Crippen LogP contribution in [0.5, 0.6) is 0 Å². The molecule has 0 amide bonds. The molecule has 4 heteroatoms. The van der Waals surface area contributed by atoms with E-state index in [-0.39, 0.29) is 0 Å². The Balaban J connectivity index is 1.67. The number of aromatic nitrogens is 3. The quantitative estimate of drug-likeness (QED) is 0.578. The van der Waals surface area contributed by atoms with Crippen molar-refractivity contribution in [2.24, 2.45) is 0 Å². The lowest BCUT2D eigenvalue weighted by molar-refractivity contribution is 1.09. The predicted octanol–water partition coefficient (Wildman–Crippen LogP) is 4.87. The van der Waals surface area contributed by atoms with E-state index >= 15 is 0 Å². The fraction of sp³-hybridized carbons (Fsp3) is 0.0455. The number of hydrogen-bond acceptors (Lipinski definition) is 3. The Morgan fingerprint density at radius 1 is 0.846 bits per heavy atom. The lowest BCUT2D eigenvalue weighted by Crippen LogP contribution is -1.85. The highest BCUT2D eigenvalue weighted by Gasteiger charge is 2.10. The van der Waals surface area contributed by atoms with Crippen molar-refractivity contribution in [1.29, 1.82) is 5.26 Å². The molecule has 2 aromatic carbocycles. The molecule has 0 unspecified atom stereocenters. The number of hydrogen-bond donors (Lipinski definition) is 1. The van der Waals surface area contributed by atoms with Crippen LogP contribution < -0.4 is 0 Å². The highest BCUT2D eigenvalue weighted by molar-refractivity contribution is 5.81. The summed E-state index contributed by atoms with van der Waals surface area (Å²) in [5, 5.41) is 16.2. The van der Waals surface area contributed by atoms with Crippen molar-refractivity contribution >= 4 is 0 Å². The number of rotatable bonds is 4. The Morgan fingerprint density at radius 2 is 1.62 bits per heavy atom. The summed E-state index contributed by atoms with van der Waals surface area (Å²) in [5.41, 5.74) is 7.38. The molecule has 0 saturated heterocycles. The number of nitrogens with one attached hydrogen (secondary N) is 1. The van der Waals surface area contributed by atoms with E-state index in [4.69, 9.17) is 5.26 Å². The molecule has 2 aromatic heterocycles. The van der Waals surface area contributed by atoms with Crippen LogP contribution in [0.3, 0.4) is 0 Å². The van der Waals surface area contributed by atoms with Crippen LogP contribution >= 0.6 is 0 Å². The first kappa shape index (κ1) is 15.8. The van der Waals surface area contributed by atoms with E-state index in [1.807, 2.05) is 30.5 Å². The van der Waals surface area contributed by atoms with Gasteiger partial charge in [0.15, 0.2) is 0 Å². The molecule has 0 fully saturated rings. The molecule has 2 heterocycles. The maximum atomic E-state index is 8.88. The van der Waals surface area contributed by atoms with Gasteiger partial charge in [-0.25, -0.2) is 0 Å². The minimum Gasteiger partial charge on any atom is -0.284 e. The molecule has 0 bridgehead atoms. The first-order chi connectivity index (χ1) is 12.8. The molecule has 4 aromatic rings. The number of benzene rings is 2. The van der Waals surface area contributed by atoms with E-state index in [1.54, 1.807) is 12.4 Å². The van der Waals surface area contributed by atoms with E-state index in [0.717, 1.165) is 39.1 Å². The van der Waals surface area contributed by atoms with Gasteiger partial charge in [0.25, 0.3) is 0 Å². The molecule has 0 aliphatic carbocycles. The lowest BCUT2D eigenvalue weighted by Gasteiger charge is -2.06. The average Bonchev–Trinajstić information content (AvgIpc) is 3.19. The zero-order chi connectivity index (χ0) is 17.8. The summed E-state index contributed by atoms with van der Waals surface area (Å²) >= 11 is 0. The van der Waals surface area contributed by atoms with Crippen molar-refractivity contribution in [3.05, 3.63) is 84.8 Å². The second-order valence-corrected chi connectivity index (χ2v) is 6.00. The predicted molar refractivity (Wildman–Crippen MR) is 102 cm³/mol. The lowest BCUT2D eigenvalue weighted by atomic mass is 9.98. The van der Waals surface area contributed by atoms with Gasteiger partial charge in [-0.05, 0) is 34.4 Å². The Hall–Kier alpha value is -3.71. The van der Waals surface area contributed by atoms with Gasteiger partial charge < -0.3 is 0 Å². The second kappa shape index (κ2) is 7.04. The Kier molecular flexibility index (Phi) is 4.28. The molecule has 0 aliphatic heterocycles. The van der Waals surface area contributed by atoms with Gasteiger partial charge in [0, 0.05) is 29.7 Å². The van der Waals surface area contributed by atoms with Crippen LogP contribution in [0, 0.1) is 11.3 Å². The first-order valence-electron chi connectivity index (χ1n) is 8.36. The van der Waals surface area contributed by atoms with Gasteiger partial charge in [-0.15, -0.1) is 0 Å². The van der Waals surface area contributed by atoms with Crippen LogP contribution in [-0.2, 0) is 6.42 Å². The van der Waals surface area contributed by atoms with Gasteiger partial charge in [0.05, 0.1) is 18.2 Å². The highest BCUT2D eigenvalue weighted by atomic mass is 15.1. The summed E-state index contributed by atoms with van der Waals surface area (Å²) in [4.78, 5) is 4.06. The summed E-state index contributed by atoms with van der Waals surface area (Å²) in [5.74, 6) is 0. The van der Waals surface area contributed by atoms with Gasteiger partial charge >= 0.3 is 0 Å². The molecule has 0 saturated carbocycles. The van der Waals surface area contributed by atoms with Gasteiger partial charge in [-0.3, -0.25) is 10.1 Å². The summed E-state index contributed by atoms with van der Waals surface area (Å²) in [6, 6.07) is 22.6. The van der Waals surface area contributed by atoms with E-state index in [1.165, 1.54) is 0 Å². The van der Waals surface area contributed by atoms with Crippen LogP contribution in [0.25, 0.3) is 33.5 Å². The summed E-state index contributed by atoms with van der Waals surface area (Å²) < 4.78 is 0. The van der Waals surface area contributed by atoms with E-state index < -0.39 is 0 Å². The minimum atomic E-state index is 0.427. The molecular formula is C22H16N4. The maximum absolute atomic E-state index is 8.88. The number of nitriles is 1. The number of pyridine rings is 1. The molecule has 0 radical (unpaired) electrons. The Morgan fingerprint density at radius 3 is 2.38 bits per heavy atom. The second-order valence-electron chi connectivity index (χ2n) is 6.00. The number of nitrogens with zero attached hydrogens (tertiary/aromatic N) is 3. The zero-order valence-electron chi connectivity index (χ0n) is 14.1. The molecule has 26 heavy (non-hydrogen) atoms. The fourth-order valence-corrected chi connectivity index (χ4v) is 3.03. The summed E-state index contributed by atoms with van der Waals surface area (Å²) in [6.45, 7) is 0. The van der Waals surface area contributed by atoms with Crippen LogP contribution in [0.2, 0.25) is 0 Å². The molecule has 0 spiro atoms. The summed E-state index contributed by atoms with van der Waals surface area (Å²) in [7, 11) is 0. The molecule has 0 aliphatic rings. The molecule has 4 rings (SSSR count). The third kappa shape index (κ3) is 3.11. The van der Waals surface area contributed by atoms with Gasteiger partial charge in [0.1, 0.15) is 0 Å². The van der Waals surface area contributed by atoms with Crippen molar-refractivity contribution < 1.29 is 0 Å². The topological polar surface area (TPSA) is 65.4 Å². The standard InChI is InChI=1S/C22H16N4/c23-11-8-16-2-1-3-20(14-16)17-4-6-18(7-5-17)21-15-25-26-22(21)19-9-12-24-13-10-19/h1-7,9-10,12-15H,8H2,(H,25,26). The fourth-order valence-electron chi connectivity index (χ4n) is 3.03. The van der Waals surface area contributed by atoms with E-state index in [0.29, 0.717) is 6.42 Å². The Labute approximate surface area is 151 Å². The highest BCUT2D eigenvalue weighted by Crippen LogP contribution is 2.31. The maximum Gasteiger partial charge on any atom is 0.1000 e. The van der Waals surface area contributed by atoms with Crippen LogP contribution in [0.15, 0.2) is 79.3 Å². The smallest absolute Gasteiger partial charge is 0.1000 e. The molecule has 124 valence electrons. The van der Waals surface area contributed by atoms with E-state index in [2.05, 4.69) is 57.6 Å². The van der Waals surface area contributed by atoms with Crippen molar-refractivity contribution in [1.82, 2.24) is 15.2 Å². The van der Waals surface area contributed by atoms with Crippen molar-refractivity contribution in [2.75, 3.05) is 0 Å². The molecule has 4 nitrogen and oxygen atoms in total. The Bertz CT molecular complexity index is 1060. The first-order valence-corrected chi connectivity index (χ1v) is 8.36. The van der Waals surface area contributed by atoms with Gasteiger partial charge in [0.2, 0.25) is 0 Å². The third-order valence-electron chi connectivity index (χ3n) is 4.33. The monoisotopic (exact) mass is 336 g/mol.